The Kier molecular flexibility index (Phi) is 4.44. The van der Waals surface area contributed by atoms with Crippen molar-refractivity contribution in [2.24, 2.45) is 0 Å². The molecule has 0 saturated carbocycles. The number of hydrogen-bond donors (Lipinski definition) is 1. The molecule has 0 unspecified atom stereocenters. The van der Waals surface area contributed by atoms with E-state index in [1.807, 2.05) is 0 Å². The van der Waals surface area contributed by atoms with Crippen LogP contribution in [0.5, 0.6) is 0 Å². The first-order chi connectivity index (χ1) is 12.0. The largest absolute Gasteiger partial charge is 0.476 e. The number of rotatable bonds is 4. The third-order valence-corrected chi connectivity index (χ3v) is 3.65. The van der Waals surface area contributed by atoms with Gasteiger partial charge in [-0.15, -0.1) is 0 Å². The first-order valence-corrected chi connectivity index (χ1v) is 7.47. The number of carboxylic acid groups (broad SMARTS) is 1. The standard InChI is InChI=1S/C16H11ClN4O4/c17-11-3-5-12(6-4-11)21-16(25)20(9-10-2-1-7-18-8-10)14(22)13(19-21)15(23)24/h1-8H,9H2,(H,23,24). The van der Waals surface area contributed by atoms with E-state index in [0.717, 1.165) is 9.25 Å². The highest BCUT2D eigenvalue weighted by molar-refractivity contribution is 6.30. The summed E-state index contributed by atoms with van der Waals surface area (Å²) < 4.78 is 1.67. The molecule has 0 atom stereocenters. The summed E-state index contributed by atoms with van der Waals surface area (Å²) in [5.74, 6) is -1.52. The van der Waals surface area contributed by atoms with Crippen molar-refractivity contribution >= 4 is 17.6 Å². The highest BCUT2D eigenvalue weighted by atomic mass is 35.5. The van der Waals surface area contributed by atoms with Crippen LogP contribution in [0.15, 0.2) is 58.4 Å². The average Bonchev–Trinajstić information content (AvgIpc) is 2.60. The number of hydrogen-bond acceptors (Lipinski definition) is 5. The normalized spacial score (nSPS) is 10.6. The molecule has 126 valence electrons. The Hall–Kier alpha value is -3.26. The minimum atomic E-state index is -1.52. The van der Waals surface area contributed by atoms with E-state index >= 15 is 0 Å². The number of aromatic nitrogens is 4. The van der Waals surface area contributed by atoms with Gasteiger partial charge >= 0.3 is 11.7 Å². The van der Waals surface area contributed by atoms with Crippen molar-refractivity contribution in [3.05, 3.63) is 85.9 Å². The van der Waals surface area contributed by atoms with Crippen LogP contribution in [-0.2, 0) is 6.54 Å². The first-order valence-electron chi connectivity index (χ1n) is 7.09. The van der Waals surface area contributed by atoms with E-state index in [0.29, 0.717) is 10.6 Å². The van der Waals surface area contributed by atoms with Crippen LogP contribution in [0.4, 0.5) is 0 Å². The zero-order valence-electron chi connectivity index (χ0n) is 12.7. The summed E-state index contributed by atoms with van der Waals surface area (Å²) in [5, 5.41) is 13.4. The highest BCUT2D eigenvalue weighted by Gasteiger charge is 2.19. The minimum Gasteiger partial charge on any atom is -0.476 e. The van der Waals surface area contributed by atoms with E-state index in [9.17, 15) is 19.5 Å². The maximum Gasteiger partial charge on any atom is 0.362 e. The van der Waals surface area contributed by atoms with E-state index < -0.39 is 22.9 Å². The molecule has 0 spiro atoms. The molecule has 9 heteroatoms. The Morgan fingerprint density at radius 1 is 1.16 bits per heavy atom. The van der Waals surface area contributed by atoms with Crippen molar-refractivity contribution < 1.29 is 9.90 Å². The third kappa shape index (κ3) is 3.33. The molecule has 0 aliphatic carbocycles. The number of carboxylic acids is 1. The number of benzene rings is 1. The second-order valence-electron chi connectivity index (χ2n) is 5.08. The van der Waals surface area contributed by atoms with E-state index in [1.165, 1.54) is 30.5 Å². The lowest BCUT2D eigenvalue weighted by Gasteiger charge is -2.10. The summed E-state index contributed by atoms with van der Waals surface area (Å²) in [4.78, 5) is 40.3. The van der Waals surface area contributed by atoms with Gasteiger partial charge in [0.1, 0.15) is 0 Å². The van der Waals surface area contributed by atoms with Gasteiger partial charge in [-0.2, -0.15) is 9.78 Å². The van der Waals surface area contributed by atoms with Gasteiger partial charge in [-0.25, -0.2) is 9.59 Å². The second-order valence-corrected chi connectivity index (χ2v) is 5.51. The molecule has 25 heavy (non-hydrogen) atoms. The van der Waals surface area contributed by atoms with Gasteiger partial charge in [0.15, 0.2) is 0 Å². The summed E-state index contributed by atoms with van der Waals surface area (Å²) in [6.45, 7) is -0.123. The van der Waals surface area contributed by atoms with E-state index in [2.05, 4.69) is 10.1 Å². The summed E-state index contributed by atoms with van der Waals surface area (Å²) in [7, 11) is 0. The molecule has 0 saturated heterocycles. The van der Waals surface area contributed by atoms with Gasteiger partial charge in [0.25, 0.3) is 5.56 Å². The van der Waals surface area contributed by atoms with Crippen LogP contribution in [0.1, 0.15) is 16.1 Å². The third-order valence-electron chi connectivity index (χ3n) is 3.40. The van der Waals surface area contributed by atoms with Crippen molar-refractivity contribution in [2.45, 2.75) is 6.54 Å². The fourth-order valence-electron chi connectivity index (χ4n) is 2.21. The highest BCUT2D eigenvalue weighted by Crippen LogP contribution is 2.11. The van der Waals surface area contributed by atoms with Gasteiger partial charge < -0.3 is 5.11 Å². The molecule has 3 aromatic rings. The van der Waals surface area contributed by atoms with Crippen LogP contribution in [-0.4, -0.2) is 30.4 Å². The summed E-state index contributed by atoms with van der Waals surface area (Å²) >= 11 is 5.82. The Balaban J connectivity index is 2.23. The summed E-state index contributed by atoms with van der Waals surface area (Å²) in [6, 6.07) is 9.39. The van der Waals surface area contributed by atoms with Gasteiger partial charge in [-0.3, -0.25) is 14.3 Å². The molecule has 2 heterocycles. The molecule has 0 aliphatic rings. The van der Waals surface area contributed by atoms with Crippen LogP contribution in [0.25, 0.3) is 5.69 Å². The molecule has 0 fully saturated rings. The maximum absolute atomic E-state index is 12.7. The zero-order valence-corrected chi connectivity index (χ0v) is 13.4. The molecular formula is C16H11ClN4O4. The van der Waals surface area contributed by atoms with Crippen LogP contribution in [0, 0.1) is 0 Å². The van der Waals surface area contributed by atoms with Gasteiger partial charge in [0.2, 0.25) is 5.69 Å². The SMILES string of the molecule is O=C(O)c1nn(-c2ccc(Cl)cc2)c(=O)n(Cc2cccnc2)c1=O. The fourth-order valence-corrected chi connectivity index (χ4v) is 2.34. The smallest absolute Gasteiger partial charge is 0.362 e. The number of nitrogens with zero attached hydrogens (tertiary/aromatic N) is 4. The molecule has 1 aromatic carbocycles. The lowest BCUT2D eigenvalue weighted by Crippen LogP contribution is -2.44. The Bertz CT molecular complexity index is 1040. The van der Waals surface area contributed by atoms with Gasteiger partial charge in [0, 0.05) is 17.4 Å². The number of carbonyl (C=O) groups is 1. The molecular weight excluding hydrogens is 348 g/mol. The molecule has 1 N–H and O–H groups in total. The first kappa shape index (κ1) is 16.6. The predicted octanol–water partition coefficient (Wildman–Crippen LogP) is 1.19. The van der Waals surface area contributed by atoms with Crippen LogP contribution in [0.3, 0.4) is 0 Å². The topological polar surface area (TPSA) is 107 Å². The average molecular weight is 359 g/mol. The monoisotopic (exact) mass is 358 g/mol. The number of aromatic carboxylic acids is 1. The molecule has 0 aliphatic heterocycles. The van der Waals surface area contributed by atoms with Gasteiger partial charge in [0.05, 0.1) is 12.2 Å². The van der Waals surface area contributed by atoms with E-state index in [1.54, 1.807) is 18.3 Å². The van der Waals surface area contributed by atoms with Crippen molar-refractivity contribution in [2.75, 3.05) is 0 Å². The summed E-state index contributed by atoms with van der Waals surface area (Å²) in [5.41, 5.74) is -1.63. The predicted molar refractivity (Wildman–Crippen MR) is 89.4 cm³/mol. The molecule has 2 aromatic heterocycles. The van der Waals surface area contributed by atoms with E-state index in [4.69, 9.17) is 11.6 Å². The molecule has 3 rings (SSSR count). The number of pyridine rings is 1. The quantitative estimate of drug-likeness (QED) is 0.750. The van der Waals surface area contributed by atoms with Gasteiger partial charge in [-0.1, -0.05) is 17.7 Å². The van der Waals surface area contributed by atoms with Crippen molar-refractivity contribution in [1.82, 2.24) is 19.3 Å². The van der Waals surface area contributed by atoms with Crippen LogP contribution < -0.4 is 11.2 Å². The van der Waals surface area contributed by atoms with Crippen molar-refractivity contribution in [3.8, 4) is 5.69 Å². The van der Waals surface area contributed by atoms with Gasteiger partial charge in [-0.05, 0) is 35.9 Å². The Labute approximate surface area is 145 Å². The lowest BCUT2D eigenvalue weighted by atomic mass is 10.3. The lowest BCUT2D eigenvalue weighted by molar-refractivity contribution is 0.0684. The second kappa shape index (κ2) is 6.70. The number of halogens is 1. The van der Waals surface area contributed by atoms with Crippen LogP contribution >= 0.6 is 11.6 Å². The zero-order chi connectivity index (χ0) is 18.0. The molecule has 0 bridgehead atoms. The molecule has 0 radical (unpaired) electrons. The van der Waals surface area contributed by atoms with Crippen molar-refractivity contribution in [1.29, 1.82) is 0 Å². The molecule has 0 amide bonds. The van der Waals surface area contributed by atoms with Crippen LogP contribution in [0.2, 0.25) is 5.02 Å². The van der Waals surface area contributed by atoms with E-state index in [-0.39, 0.29) is 12.2 Å². The summed E-state index contributed by atoms with van der Waals surface area (Å²) in [6.07, 6.45) is 3.03. The minimum absolute atomic E-state index is 0.123. The molecule has 8 nitrogen and oxygen atoms in total. The maximum atomic E-state index is 12.7. The van der Waals surface area contributed by atoms with Crippen molar-refractivity contribution in [3.63, 3.8) is 0 Å². The fraction of sp³-hybridized carbons (Fsp3) is 0.0625. The Morgan fingerprint density at radius 2 is 1.88 bits per heavy atom. The Morgan fingerprint density at radius 3 is 2.48 bits per heavy atom.